The summed E-state index contributed by atoms with van der Waals surface area (Å²) in [4.78, 5) is 10.9. The molecule has 0 aliphatic heterocycles. The third kappa shape index (κ3) is 3.35. The number of aldehydes is 1. The molecule has 0 fully saturated rings. The van der Waals surface area contributed by atoms with E-state index in [2.05, 4.69) is 0 Å². The second-order valence-electron chi connectivity index (χ2n) is 6.48. The molecule has 0 radical (unpaired) electrons. The topological polar surface area (TPSA) is 37.3 Å². The van der Waals surface area contributed by atoms with Crippen molar-refractivity contribution in [1.29, 1.82) is 0 Å². The highest BCUT2D eigenvalue weighted by Crippen LogP contribution is 2.40. The Balaban J connectivity index is 2.63. The maximum absolute atomic E-state index is 14.5. The van der Waals surface area contributed by atoms with E-state index in [1.165, 1.54) is 18.2 Å². The SMILES string of the molecule is CC(C)c1cc(C=O)c(F)c(F)c1-c1ccc(C(C)(O)C(F)(F)F)cc1. The minimum atomic E-state index is -4.89. The van der Waals surface area contributed by atoms with Crippen LogP contribution < -0.4 is 0 Å². The number of hydrogen-bond donors (Lipinski definition) is 1. The molecule has 2 aromatic rings. The molecule has 0 amide bonds. The lowest BCUT2D eigenvalue weighted by atomic mass is 9.88. The van der Waals surface area contributed by atoms with Gasteiger partial charge < -0.3 is 5.11 Å². The molecule has 26 heavy (non-hydrogen) atoms. The minimum absolute atomic E-state index is 0.124. The molecule has 2 nitrogen and oxygen atoms in total. The van der Waals surface area contributed by atoms with Gasteiger partial charge in [0.1, 0.15) is 0 Å². The quantitative estimate of drug-likeness (QED) is 0.581. The van der Waals surface area contributed by atoms with Crippen molar-refractivity contribution < 1.29 is 31.9 Å². The Kier molecular flexibility index (Phi) is 5.24. The van der Waals surface area contributed by atoms with Gasteiger partial charge in [-0.3, -0.25) is 4.79 Å². The zero-order valence-electron chi connectivity index (χ0n) is 14.3. The number of halogens is 5. The first kappa shape index (κ1) is 20.0. The summed E-state index contributed by atoms with van der Waals surface area (Å²) in [5, 5.41) is 9.70. The second kappa shape index (κ2) is 6.79. The maximum atomic E-state index is 14.5. The first-order valence-electron chi connectivity index (χ1n) is 7.78. The second-order valence-corrected chi connectivity index (χ2v) is 6.48. The van der Waals surface area contributed by atoms with Gasteiger partial charge in [-0.05, 0) is 35.6 Å². The molecular weight excluding hydrogens is 355 g/mol. The average Bonchev–Trinajstić information content (AvgIpc) is 2.56. The van der Waals surface area contributed by atoms with Gasteiger partial charge in [0.2, 0.25) is 0 Å². The van der Waals surface area contributed by atoms with Crippen molar-refractivity contribution >= 4 is 6.29 Å². The molecule has 1 unspecified atom stereocenters. The van der Waals surface area contributed by atoms with Gasteiger partial charge in [0.05, 0.1) is 5.56 Å². The number of benzene rings is 2. The summed E-state index contributed by atoms with van der Waals surface area (Å²) in [6.45, 7) is 4.04. The third-order valence-corrected chi connectivity index (χ3v) is 4.30. The van der Waals surface area contributed by atoms with Crippen LogP contribution in [0.15, 0.2) is 30.3 Å². The summed E-state index contributed by atoms with van der Waals surface area (Å²) in [6.07, 6.45) is -4.68. The van der Waals surface area contributed by atoms with Crippen molar-refractivity contribution in [3.63, 3.8) is 0 Å². The lowest BCUT2D eigenvalue weighted by Crippen LogP contribution is -2.39. The van der Waals surface area contributed by atoms with E-state index in [4.69, 9.17) is 0 Å². The highest BCUT2D eigenvalue weighted by atomic mass is 19.4. The molecule has 0 spiro atoms. The molecule has 0 saturated carbocycles. The number of aliphatic hydroxyl groups is 1. The number of carbonyl (C=O) groups is 1. The highest BCUT2D eigenvalue weighted by molar-refractivity contribution is 5.80. The summed E-state index contributed by atoms with van der Waals surface area (Å²) < 4.78 is 67.3. The lowest BCUT2D eigenvalue weighted by Gasteiger charge is -2.27. The van der Waals surface area contributed by atoms with Gasteiger partial charge in [0.25, 0.3) is 0 Å². The van der Waals surface area contributed by atoms with Crippen molar-refractivity contribution in [1.82, 2.24) is 0 Å². The van der Waals surface area contributed by atoms with Gasteiger partial charge in [0.15, 0.2) is 23.5 Å². The van der Waals surface area contributed by atoms with Crippen LogP contribution >= 0.6 is 0 Å². The van der Waals surface area contributed by atoms with Crippen LogP contribution in [0.4, 0.5) is 22.0 Å². The normalized spacial score (nSPS) is 14.4. The van der Waals surface area contributed by atoms with E-state index >= 15 is 0 Å². The first-order chi connectivity index (χ1) is 11.9. The molecule has 140 valence electrons. The zero-order chi connectivity index (χ0) is 19.9. The lowest BCUT2D eigenvalue weighted by molar-refractivity contribution is -0.258. The Hall–Kier alpha value is -2.28. The fourth-order valence-corrected chi connectivity index (χ4v) is 2.63. The molecule has 7 heteroatoms. The number of carbonyl (C=O) groups excluding carboxylic acids is 1. The van der Waals surface area contributed by atoms with E-state index in [1.807, 2.05) is 0 Å². The number of alkyl halides is 3. The zero-order valence-corrected chi connectivity index (χ0v) is 14.3. The Morgan fingerprint density at radius 3 is 2.00 bits per heavy atom. The van der Waals surface area contributed by atoms with Crippen LogP contribution in [-0.4, -0.2) is 17.6 Å². The van der Waals surface area contributed by atoms with Crippen molar-refractivity contribution in [2.45, 2.75) is 38.5 Å². The van der Waals surface area contributed by atoms with Gasteiger partial charge in [-0.1, -0.05) is 38.1 Å². The fourth-order valence-electron chi connectivity index (χ4n) is 2.63. The highest BCUT2D eigenvalue weighted by Gasteiger charge is 2.51. The van der Waals surface area contributed by atoms with Gasteiger partial charge in [0, 0.05) is 5.56 Å². The molecule has 1 N–H and O–H groups in total. The smallest absolute Gasteiger partial charge is 0.376 e. The van der Waals surface area contributed by atoms with Crippen LogP contribution in [0, 0.1) is 11.6 Å². The van der Waals surface area contributed by atoms with Gasteiger partial charge in [-0.25, -0.2) is 8.78 Å². The van der Waals surface area contributed by atoms with E-state index < -0.39 is 34.5 Å². The van der Waals surface area contributed by atoms with Crippen LogP contribution in [0.5, 0.6) is 0 Å². The van der Waals surface area contributed by atoms with Crippen LogP contribution in [0.3, 0.4) is 0 Å². The van der Waals surface area contributed by atoms with E-state index in [9.17, 15) is 31.9 Å². The van der Waals surface area contributed by atoms with Gasteiger partial charge >= 0.3 is 6.18 Å². The molecule has 0 heterocycles. The Morgan fingerprint density at radius 2 is 1.58 bits per heavy atom. The van der Waals surface area contributed by atoms with Crippen LogP contribution in [0.1, 0.15) is 48.2 Å². The number of hydrogen-bond acceptors (Lipinski definition) is 2. The molecule has 0 aliphatic carbocycles. The summed E-state index contributed by atoms with van der Waals surface area (Å²) in [5.41, 5.74) is -3.55. The minimum Gasteiger partial charge on any atom is -0.376 e. The Labute approximate surface area is 147 Å². The van der Waals surface area contributed by atoms with E-state index in [-0.39, 0.29) is 23.3 Å². The van der Waals surface area contributed by atoms with E-state index in [0.717, 1.165) is 12.1 Å². The average molecular weight is 372 g/mol. The predicted octanol–water partition coefficient (Wildman–Crippen LogP) is 5.34. The molecule has 2 rings (SSSR count). The summed E-state index contributed by atoms with van der Waals surface area (Å²) in [5.74, 6) is -2.82. The molecule has 0 bridgehead atoms. The standard InChI is InChI=1S/C19H17F5O2/c1-10(2)14-8-12(9-25)16(20)17(21)15(14)11-4-6-13(7-5-11)18(3,26)19(22,23)24/h4-10,26H,1-3H3. The van der Waals surface area contributed by atoms with Gasteiger partial charge in [-0.15, -0.1) is 0 Å². The summed E-state index contributed by atoms with van der Waals surface area (Å²) >= 11 is 0. The van der Waals surface area contributed by atoms with Crippen LogP contribution in [0.25, 0.3) is 11.1 Å². The molecule has 0 saturated heterocycles. The van der Waals surface area contributed by atoms with Crippen LogP contribution in [-0.2, 0) is 5.60 Å². The Morgan fingerprint density at radius 1 is 1.04 bits per heavy atom. The predicted molar refractivity (Wildman–Crippen MR) is 86.9 cm³/mol. The molecule has 0 aliphatic rings. The number of rotatable bonds is 4. The third-order valence-electron chi connectivity index (χ3n) is 4.30. The molecule has 0 aromatic heterocycles. The summed E-state index contributed by atoms with van der Waals surface area (Å²) in [6, 6.07) is 5.61. The van der Waals surface area contributed by atoms with Crippen molar-refractivity contribution in [3.8, 4) is 11.1 Å². The van der Waals surface area contributed by atoms with Gasteiger partial charge in [-0.2, -0.15) is 13.2 Å². The van der Waals surface area contributed by atoms with Crippen molar-refractivity contribution in [2.24, 2.45) is 0 Å². The largest absolute Gasteiger partial charge is 0.421 e. The van der Waals surface area contributed by atoms with Crippen LogP contribution in [0.2, 0.25) is 0 Å². The van der Waals surface area contributed by atoms with E-state index in [1.54, 1.807) is 13.8 Å². The first-order valence-corrected chi connectivity index (χ1v) is 7.78. The van der Waals surface area contributed by atoms with Crippen molar-refractivity contribution in [2.75, 3.05) is 0 Å². The monoisotopic (exact) mass is 372 g/mol. The summed E-state index contributed by atoms with van der Waals surface area (Å²) in [7, 11) is 0. The van der Waals surface area contributed by atoms with Crippen molar-refractivity contribution in [3.05, 3.63) is 58.7 Å². The maximum Gasteiger partial charge on any atom is 0.421 e. The fraction of sp³-hybridized carbons (Fsp3) is 0.316. The molecule has 1 atom stereocenters. The Bertz CT molecular complexity index is 821. The molecule has 2 aromatic carbocycles. The van der Waals surface area contributed by atoms with E-state index in [0.29, 0.717) is 12.5 Å². The molecular formula is C19H17F5O2.